The van der Waals surface area contributed by atoms with E-state index in [1.807, 2.05) is 32.9 Å². The fourth-order valence-electron chi connectivity index (χ4n) is 3.98. The predicted octanol–water partition coefficient (Wildman–Crippen LogP) is 4.37. The Labute approximate surface area is 193 Å². The Hall–Kier alpha value is -2.83. The second-order valence-corrected chi connectivity index (χ2v) is 8.78. The van der Waals surface area contributed by atoms with E-state index < -0.39 is 0 Å². The molecule has 32 heavy (non-hydrogen) atoms. The van der Waals surface area contributed by atoms with Gasteiger partial charge in [0, 0.05) is 21.7 Å². The summed E-state index contributed by atoms with van der Waals surface area (Å²) in [5, 5.41) is 13.9. The lowest BCUT2D eigenvalue weighted by Crippen LogP contribution is -2.39. The van der Waals surface area contributed by atoms with Crippen LogP contribution in [0.5, 0.6) is 5.75 Å². The molecule has 6 nitrogen and oxygen atoms in total. The van der Waals surface area contributed by atoms with Gasteiger partial charge in [0.15, 0.2) is 0 Å². The van der Waals surface area contributed by atoms with E-state index in [-0.39, 0.29) is 30.9 Å². The summed E-state index contributed by atoms with van der Waals surface area (Å²) in [6.07, 6.45) is 0.775. The third-order valence-corrected chi connectivity index (χ3v) is 5.77. The van der Waals surface area contributed by atoms with Gasteiger partial charge in [-0.1, -0.05) is 25.4 Å². The SMILES string of the molecule is COc1ccc2c(c1)c(CC(=O)N[C@@H](CO)CC(C)C)c(C)n2C(=O)c1ccc(Cl)cc1. The monoisotopic (exact) mass is 456 g/mol. The van der Waals surface area contributed by atoms with E-state index in [0.717, 1.165) is 10.9 Å². The van der Waals surface area contributed by atoms with Crippen LogP contribution in [-0.4, -0.2) is 41.2 Å². The zero-order chi connectivity index (χ0) is 23.4. The van der Waals surface area contributed by atoms with Crippen LogP contribution in [-0.2, 0) is 11.2 Å². The van der Waals surface area contributed by atoms with Crippen LogP contribution >= 0.6 is 11.6 Å². The van der Waals surface area contributed by atoms with Gasteiger partial charge in [0.1, 0.15) is 5.75 Å². The molecular weight excluding hydrogens is 428 g/mol. The van der Waals surface area contributed by atoms with Crippen molar-refractivity contribution in [1.29, 1.82) is 0 Å². The number of aromatic nitrogens is 1. The van der Waals surface area contributed by atoms with Gasteiger partial charge in [-0.15, -0.1) is 0 Å². The fraction of sp³-hybridized carbons (Fsp3) is 0.360. The molecule has 0 spiro atoms. The molecule has 0 aliphatic rings. The number of fused-ring (bicyclic) bond motifs is 1. The smallest absolute Gasteiger partial charge is 0.262 e. The molecule has 2 N–H and O–H groups in total. The highest BCUT2D eigenvalue weighted by Gasteiger charge is 2.23. The first-order valence-electron chi connectivity index (χ1n) is 10.6. The lowest BCUT2D eigenvalue weighted by molar-refractivity contribution is -0.121. The molecule has 0 aliphatic carbocycles. The summed E-state index contributed by atoms with van der Waals surface area (Å²) in [5.41, 5.74) is 2.64. The number of aliphatic hydroxyl groups is 1. The van der Waals surface area contributed by atoms with Gasteiger partial charge in [0.05, 0.1) is 31.7 Å². The number of nitrogens with zero attached hydrogens (tertiary/aromatic N) is 1. The van der Waals surface area contributed by atoms with Crippen molar-refractivity contribution in [3.8, 4) is 5.75 Å². The highest BCUT2D eigenvalue weighted by molar-refractivity contribution is 6.30. The zero-order valence-corrected chi connectivity index (χ0v) is 19.6. The average Bonchev–Trinajstić information content (AvgIpc) is 3.03. The van der Waals surface area contributed by atoms with Crippen LogP contribution in [0.15, 0.2) is 42.5 Å². The second kappa shape index (κ2) is 10.2. The normalized spacial score (nSPS) is 12.2. The summed E-state index contributed by atoms with van der Waals surface area (Å²) in [7, 11) is 1.58. The molecule has 1 heterocycles. The van der Waals surface area contributed by atoms with Gasteiger partial charge in [-0.05, 0) is 67.3 Å². The number of hydrogen-bond donors (Lipinski definition) is 2. The van der Waals surface area contributed by atoms with Crippen LogP contribution in [0.3, 0.4) is 0 Å². The molecule has 1 aromatic heterocycles. The van der Waals surface area contributed by atoms with E-state index in [9.17, 15) is 14.7 Å². The quantitative estimate of drug-likeness (QED) is 0.527. The first kappa shape index (κ1) is 23.8. The average molecular weight is 457 g/mol. The molecule has 0 saturated heterocycles. The van der Waals surface area contributed by atoms with Crippen LogP contribution < -0.4 is 10.1 Å². The van der Waals surface area contributed by atoms with E-state index in [2.05, 4.69) is 5.32 Å². The zero-order valence-electron chi connectivity index (χ0n) is 18.8. The van der Waals surface area contributed by atoms with E-state index in [1.165, 1.54) is 0 Å². The molecule has 2 aromatic carbocycles. The number of ether oxygens (including phenoxy) is 1. The van der Waals surface area contributed by atoms with Crippen molar-refractivity contribution in [3.63, 3.8) is 0 Å². The summed E-state index contributed by atoms with van der Waals surface area (Å²) in [4.78, 5) is 26.2. The molecule has 7 heteroatoms. The maximum absolute atomic E-state index is 13.3. The molecule has 0 bridgehead atoms. The summed E-state index contributed by atoms with van der Waals surface area (Å²) in [6, 6.07) is 11.9. The number of carbonyl (C=O) groups is 2. The summed E-state index contributed by atoms with van der Waals surface area (Å²) in [5.74, 6) is 0.586. The summed E-state index contributed by atoms with van der Waals surface area (Å²) >= 11 is 5.97. The van der Waals surface area contributed by atoms with Gasteiger partial charge >= 0.3 is 0 Å². The third kappa shape index (κ3) is 5.14. The Morgan fingerprint density at radius 3 is 2.44 bits per heavy atom. The highest BCUT2D eigenvalue weighted by atomic mass is 35.5. The fourth-order valence-corrected chi connectivity index (χ4v) is 4.11. The Morgan fingerprint density at radius 1 is 1.16 bits per heavy atom. The van der Waals surface area contributed by atoms with Crippen LogP contribution in [0.2, 0.25) is 5.02 Å². The number of aliphatic hydroxyl groups excluding tert-OH is 1. The molecule has 0 unspecified atom stereocenters. The standard InChI is InChI=1S/C25H29ClN2O4/c1-15(2)11-19(14-29)27-24(30)13-21-16(3)28(23-10-9-20(32-4)12-22(21)23)25(31)17-5-7-18(26)8-6-17/h5-10,12,15,19,29H,11,13-14H2,1-4H3,(H,27,30)/t19-/m1/s1. The minimum Gasteiger partial charge on any atom is -0.497 e. The maximum Gasteiger partial charge on any atom is 0.262 e. The van der Waals surface area contributed by atoms with E-state index in [0.29, 0.717) is 39.9 Å². The third-order valence-electron chi connectivity index (χ3n) is 5.51. The highest BCUT2D eigenvalue weighted by Crippen LogP contribution is 2.31. The first-order valence-corrected chi connectivity index (χ1v) is 11.0. The number of carbonyl (C=O) groups excluding carboxylic acids is 2. The molecule has 0 aliphatic heterocycles. The molecule has 3 rings (SSSR count). The predicted molar refractivity (Wildman–Crippen MR) is 127 cm³/mol. The Morgan fingerprint density at radius 2 is 1.84 bits per heavy atom. The number of amides is 1. The largest absolute Gasteiger partial charge is 0.497 e. The van der Waals surface area contributed by atoms with Crippen molar-refractivity contribution < 1.29 is 19.4 Å². The van der Waals surface area contributed by atoms with Crippen LogP contribution in [0.25, 0.3) is 10.9 Å². The van der Waals surface area contributed by atoms with Gasteiger partial charge in [0.25, 0.3) is 5.91 Å². The number of rotatable bonds is 8. The van der Waals surface area contributed by atoms with Crippen molar-refractivity contribution in [2.45, 2.75) is 39.7 Å². The molecular formula is C25H29ClN2O4. The molecule has 1 atom stereocenters. The number of methoxy groups -OCH3 is 1. The van der Waals surface area contributed by atoms with Crippen molar-refractivity contribution in [3.05, 3.63) is 64.3 Å². The molecule has 3 aromatic rings. The Kier molecular flexibility index (Phi) is 7.59. The lowest BCUT2D eigenvalue weighted by atomic mass is 10.0. The van der Waals surface area contributed by atoms with Gasteiger partial charge < -0.3 is 15.2 Å². The number of hydrogen-bond acceptors (Lipinski definition) is 4. The van der Waals surface area contributed by atoms with Crippen molar-refractivity contribution in [2.24, 2.45) is 5.92 Å². The Bertz CT molecular complexity index is 1120. The summed E-state index contributed by atoms with van der Waals surface area (Å²) in [6.45, 7) is 5.80. The van der Waals surface area contributed by atoms with Crippen LogP contribution in [0, 0.1) is 12.8 Å². The lowest BCUT2D eigenvalue weighted by Gasteiger charge is -2.18. The summed E-state index contributed by atoms with van der Waals surface area (Å²) < 4.78 is 7.00. The van der Waals surface area contributed by atoms with Crippen LogP contribution in [0.1, 0.15) is 41.9 Å². The van der Waals surface area contributed by atoms with Gasteiger partial charge in [-0.2, -0.15) is 0 Å². The number of nitrogens with one attached hydrogen (secondary N) is 1. The maximum atomic E-state index is 13.3. The molecule has 1 amide bonds. The molecule has 0 radical (unpaired) electrons. The van der Waals surface area contributed by atoms with E-state index in [4.69, 9.17) is 16.3 Å². The van der Waals surface area contributed by atoms with Gasteiger partial charge in [0.2, 0.25) is 5.91 Å². The molecule has 170 valence electrons. The minimum absolute atomic E-state index is 0.0883. The first-order chi connectivity index (χ1) is 15.2. The van der Waals surface area contributed by atoms with Gasteiger partial charge in [-0.3, -0.25) is 14.2 Å². The molecule has 0 saturated carbocycles. The van der Waals surface area contributed by atoms with E-state index in [1.54, 1.807) is 42.0 Å². The van der Waals surface area contributed by atoms with Crippen molar-refractivity contribution in [2.75, 3.05) is 13.7 Å². The van der Waals surface area contributed by atoms with Crippen molar-refractivity contribution in [1.82, 2.24) is 9.88 Å². The number of halogens is 1. The van der Waals surface area contributed by atoms with Crippen LogP contribution in [0.4, 0.5) is 0 Å². The second-order valence-electron chi connectivity index (χ2n) is 8.35. The van der Waals surface area contributed by atoms with Crippen molar-refractivity contribution >= 4 is 34.3 Å². The number of benzene rings is 2. The molecule has 0 fully saturated rings. The Balaban J connectivity index is 2.02. The minimum atomic E-state index is -0.304. The van der Waals surface area contributed by atoms with Gasteiger partial charge in [-0.25, -0.2) is 0 Å². The van der Waals surface area contributed by atoms with E-state index >= 15 is 0 Å². The topological polar surface area (TPSA) is 80.6 Å².